The number of rotatable bonds is 7. The molecular formula is C32H42FIN6O4Si. The van der Waals surface area contributed by atoms with E-state index >= 15 is 0 Å². The van der Waals surface area contributed by atoms with Crippen LogP contribution in [0, 0.1) is 16.3 Å². The van der Waals surface area contributed by atoms with Crippen molar-refractivity contribution >= 4 is 42.5 Å². The summed E-state index contributed by atoms with van der Waals surface area (Å²) in [4.78, 5) is 18.9. The highest BCUT2D eigenvalue weighted by Gasteiger charge is 2.40. The van der Waals surface area contributed by atoms with Crippen LogP contribution in [0.5, 0.6) is 5.75 Å². The Morgan fingerprint density at radius 1 is 1.13 bits per heavy atom. The van der Waals surface area contributed by atoms with Gasteiger partial charge in [-0.05, 0) is 86.6 Å². The molecule has 1 aliphatic heterocycles. The van der Waals surface area contributed by atoms with Gasteiger partial charge in [0, 0.05) is 23.9 Å². The van der Waals surface area contributed by atoms with Gasteiger partial charge in [0.1, 0.15) is 35.4 Å². The standard InChI is InChI=1S/C32H42FIN6O4Si/c1-20-25-18-38(30(41)43-31(2,3)4)12-13-39(25)37-28(20)21-14-26(29-23(34)16-36-40(29)17-21)42-19-27(24-11-10-22(33)15-35-24)44-45(8,9)32(5,6)7/h10-11,14-17,27H,12-13,18-19H2,1-9H3. The lowest BCUT2D eigenvalue weighted by Gasteiger charge is -2.39. The summed E-state index contributed by atoms with van der Waals surface area (Å²) in [6.07, 6.45) is 4.12. The van der Waals surface area contributed by atoms with Gasteiger partial charge in [-0.25, -0.2) is 13.7 Å². The van der Waals surface area contributed by atoms with Crippen molar-refractivity contribution in [2.75, 3.05) is 13.2 Å². The van der Waals surface area contributed by atoms with Gasteiger partial charge < -0.3 is 18.8 Å². The van der Waals surface area contributed by atoms with E-state index in [9.17, 15) is 9.18 Å². The van der Waals surface area contributed by atoms with Crippen molar-refractivity contribution in [1.29, 1.82) is 0 Å². The lowest BCUT2D eigenvalue weighted by molar-refractivity contribution is 0.0194. The van der Waals surface area contributed by atoms with Crippen LogP contribution in [0.3, 0.4) is 0 Å². The van der Waals surface area contributed by atoms with Crippen molar-refractivity contribution in [1.82, 2.24) is 29.3 Å². The molecule has 1 atom stereocenters. The molecule has 1 aliphatic rings. The van der Waals surface area contributed by atoms with E-state index in [2.05, 4.69) is 66.5 Å². The molecule has 0 fully saturated rings. The van der Waals surface area contributed by atoms with E-state index in [1.165, 1.54) is 12.3 Å². The first-order chi connectivity index (χ1) is 20.9. The second-order valence-electron chi connectivity index (χ2n) is 14.0. The summed E-state index contributed by atoms with van der Waals surface area (Å²) in [7, 11) is -2.24. The number of amides is 1. The Labute approximate surface area is 278 Å². The predicted octanol–water partition coefficient (Wildman–Crippen LogP) is 7.54. The van der Waals surface area contributed by atoms with Crippen LogP contribution < -0.4 is 4.74 Å². The third-order valence-corrected chi connectivity index (χ3v) is 13.7. The zero-order valence-corrected chi connectivity index (χ0v) is 30.6. The average molecular weight is 749 g/mol. The molecule has 0 spiro atoms. The molecule has 10 nitrogen and oxygen atoms in total. The van der Waals surface area contributed by atoms with Gasteiger partial charge >= 0.3 is 6.09 Å². The summed E-state index contributed by atoms with van der Waals surface area (Å²) < 4.78 is 37.4. The molecule has 0 aliphatic carbocycles. The molecule has 0 saturated carbocycles. The smallest absolute Gasteiger partial charge is 0.410 e. The number of ether oxygens (including phenoxy) is 2. The molecule has 0 radical (unpaired) electrons. The summed E-state index contributed by atoms with van der Waals surface area (Å²) in [5.74, 6) is 0.224. The highest BCUT2D eigenvalue weighted by Crippen LogP contribution is 2.40. The minimum Gasteiger partial charge on any atom is -0.488 e. The molecule has 5 rings (SSSR count). The maximum Gasteiger partial charge on any atom is 0.410 e. The molecule has 4 aromatic heterocycles. The number of hydrogen-bond acceptors (Lipinski definition) is 7. The van der Waals surface area contributed by atoms with Gasteiger partial charge in [0.2, 0.25) is 0 Å². The summed E-state index contributed by atoms with van der Waals surface area (Å²) in [6.45, 7) is 20.2. The fraction of sp³-hybridized carbons (Fsp3) is 0.500. The van der Waals surface area contributed by atoms with Gasteiger partial charge in [0.15, 0.2) is 8.32 Å². The first-order valence-corrected chi connectivity index (χ1v) is 19.1. The minimum atomic E-state index is -2.24. The first kappa shape index (κ1) is 33.3. The number of carbonyl (C=O) groups excluding carboxylic acids is 1. The first-order valence-electron chi connectivity index (χ1n) is 15.1. The Bertz CT molecular complexity index is 1710. The molecule has 0 aromatic carbocycles. The van der Waals surface area contributed by atoms with E-state index in [0.29, 0.717) is 31.1 Å². The molecule has 45 heavy (non-hydrogen) atoms. The van der Waals surface area contributed by atoms with Crippen LogP contribution in [0.2, 0.25) is 18.1 Å². The number of hydrogen-bond donors (Lipinski definition) is 0. The SMILES string of the molecule is Cc1c(-c2cc(OCC(O[Si](C)(C)C(C)(C)C)c3ccc(F)cn3)c3c(I)cnn3c2)nn2c1CN(C(=O)OC(C)(C)C)CC2. The lowest BCUT2D eigenvalue weighted by atomic mass is 10.1. The highest BCUT2D eigenvalue weighted by molar-refractivity contribution is 14.1. The Morgan fingerprint density at radius 2 is 1.87 bits per heavy atom. The van der Waals surface area contributed by atoms with Crippen molar-refractivity contribution in [2.24, 2.45) is 0 Å². The summed E-state index contributed by atoms with van der Waals surface area (Å²) >= 11 is 2.25. The Balaban J connectivity index is 1.47. The van der Waals surface area contributed by atoms with Crippen LogP contribution in [-0.2, 0) is 22.3 Å². The van der Waals surface area contributed by atoms with Crippen molar-refractivity contribution in [3.63, 3.8) is 0 Å². The normalized spacial score (nSPS) is 14.9. The fourth-order valence-electron chi connectivity index (χ4n) is 4.95. The molecule has 4 aromatic rings. The van der Waals surface area contributed by atoms with Crippen LogP contribution in [-0.4, -0.2) is 62.4 Å². The maximum atomic E-state index is 13.8. The fourth-order valence-corrected chi connectivity index (χ4v) is 6.84. The van der Waals surface area contributed by atoms with Crippen molar-refractivity contribution in [3.05, 3.63) is 63.1 Å². The van der Waals surface area contributed by atoms with E-state index in [0.717, 1.165) is 31.6 Å². The van der Waals surface area contributed by atoms with E-state index in [1.54, 1.807) is 21.7 Å². The van der Waals surface area contributed by atoms with Gasteiger partial charge in [-0.15, -0.1) is 0 Å². The molecule has 1 amide bonds. The predicted molar refractivity (Wildman–Crippen MR) is 181 cm³/mol. The van der Waals surface area contributed by atoms with E-state index in [1.807, 2.05) is 44.6 Å². The summed E-state index contributed by atoms with van der Waals surface area (Å²) in [5, 5.41) is 9.48. The number of fused-ring (bicyclic) bond motifs is 2. The zero-order chi connectivity index (χ0) is 32.9. The van der Waals surface area contributed by atoms with Gasteiger partial charge in [-0.3, -0.25) is 9.67 Å². The van der Waals surface area contributed by atoms with E-state index in [4.69, 9.17) is 19.0 Å². The molecule has 5 heterocycles. The van der Waals surface area contributed by atoms with Gasteiger partial charge in [-0.1, -0.05) is 20.8 Å². The quantitative estimate of drug-likeness (QED) is 0.142. The second-order valence-corrected chi connectivity index (χ2v) is 19.9. The van der Waals surface area contributed by atoms with Crippen molar-refractivity contribution in [3.8, 4) is 17.0 Å². The largest absolute Gasteiger partial charge is 0.488 e. The average Bonchev–Trinajstić information content (AvgIpc) is 3.48. The number of halogens is 2. The monoisotopic (exact) mass is 748 g/mol. The molecule has 242 valence electrons. The van der Waals surface area contributed by atoms with Crippen LogP contribution in [0.15, 0.2) is 36.8 Å². The van der Waals surface area contributed by atoms with Crippen molar-refractivity contribution < 1.29 is 23.1 Å². The van der Waals surface area contributed by atoms with E-state index < -0.39 is 25.8 Å². The number of pyridine rings is 2. The molecule has 0 N–H and O–H groups in total. The third-order valence-electron chi connectivity index (χ3n) is 8.41. The lowest BCUT2D eigenvalue weighted by Crippen LogP contribution is -2.43. The number of nitrogens with zero attached hydrogens (tertiary/aromatic N) is 6. The Morgan fingerprint density at radius 3 is 2.51 bits per heavy atom. The zero-order valence-electron chi connectivity index (χ0n) is 27.4. The summed E-state index contributed by atoms with van der Waals surface area (Å²) in [6, 6.07) is 5.04. The number of carbonyl (C=O) groups is 1. The summed E-state index contributed by atoms with van der Waals surface area (Å²) in [5.41, 5.74) is 4.45. The maximum absolute atomic E-state index is 13.8. The van der Waals surface area contributed by atoms with Crippen LogP contribution in [0.4, 0.5) is 9.18 Å². The van der Waals surface area contributed by atoms with Gasteiger partial charge in [-0.2, -0.15) is 10.2 Å². The third kappa shape index (κ3) is 7.19. The highest BCUT2D eigenvalue weighted by atomic mass is 127. The van der Waals surface area contributed by atoms with Gasteiger partial charge in [0.05, 0.1) is 46.1 Å². The van der Waals surface area contributed by atoms with Crippen molar-refractivity contribution in [2.45, 2.75) is 91.4 Å². The topological polar surface area (TPSA) is 96.0 Å². The second kappa shape index (κ2) is 12.3. The van der Waals surface area contributed by atoms with Crippen LogP contribution in [0.25, 0.3) is 16.8 Å². The molecule has 13 heteroatoms. The van der Waals surface area contributed by atoms with Crippen LogP contribution in [0.1, 0.15) is 64.6 Å². The van der Waals surface area contributed by atoms with Crippen LogP contribution >= 0.6 is 22.6 Å². The Hall–Kier alpha value is -3.04. The molecule has 0 bridgehead atoms. The minimum absolute atomic E-state index is 0.0455. The molecular weight excluding hydrogens is 706 g/mol. The molecule has 1 unspecified atom stereocenters. The van der Waals surface area contributed by atoms with Gasteiger partial charge in [0.25, 0.3) is 0 Å². The number of aromatic nitrogens is 5. The van der Waals surface area contributed by atoms with E-state index in [-0.39, 0.29) is 17.7 Å². The molecule has 0 saturated heterocycles. The Kier molecular flexibility index (Phi) is 9.10.